The Kier molecular flexibility index (Phi) is 7.70. The second kappa shape index (κ2) is 10.7. The van der Waals surface area contributed by atoms with Crippen LogP contribution in [0.2, 0.25) is 0 Å². The Morgan fingerprint density at radius 1 is 0.742 bits per heavy atom. The topological polar surface area (TPSA) is 71.1 Å². The van der Waals surface area contributed by atoms with E-state index >= 15 is 0 Å². The molecule has 0 amide bonds. The van der Waals surface area contributed by atoms with Gasteiger partial charge in [0, 0.05) is 21.5 Å². The van der Waals surface area contributed by atoms with Crippen LogP contribution in [0.3, 0.4) is 0 Å². The van der Waals surface area contributed by atoms with E-state index in [2.05, 4.69) is 19.1 Å². The third-order valence-corrected chi connectivity index (χ3v) is 5.18. The standard InChI is InChI=1S/C25H28O6/c1-4-5-6-9-17-12-13-20-21(14-17)25(31-16-23(27)29-3)19-11-8-7-10-18(19)24(20)30-15-22(26)28-2/h7-8,10-14H,4-6,9,15-16H2,1-3H3. The first-order valence-corrected chi connectivity index (χ1v) is 10.5. The Bertz CT molecular complexity index is 1070. The van der Waals surface area contributed by atoms with Crippen molar-refractivity contribution >= 4 is 33.5 Å². The molecule has 0 aromatic heterocycles. The minimum Gasteiger partial charge on any atom is -0.481 e. The van der Waals surface area contributed by atoms with E-state index in [1.54, 1.807) is 0 Å². The van der Waals surface area contributed by atoms with Crippen LogP contribution in [0.4, 0.5) is 0 Å². The quantitative estimate of drug-likeness (QED) is 0.264. The molecule has 0 N–H and O–H groups in total. The van der Waals surface area contributed by atoms with Crippen molar-refractivity contribution < 1.29 is 28.5 Å². The van der Waals surface area contributed by atoms with Gasteiger partial charge >= 0.3 is 11.9 Å². The maximum Gasteiger partial charge on any atom is 0.343 e. The molecule has 0 aliphatic rings. The van der Waals surface area contributed by atoms with Crippen molar-refractivity contribution in [1.82, 2.24) is 0 Å². The Balaban J connectivity index is 2.16. The van der Waals surface area contributed by atoms with Gasteiger partial charge in [-0.15, -0.1) is 0 Å². The second-order valence-electron chi connectivity index (χ2n) is 7.27. The van der Waals surface area contributed by atoms with Crippen LogP contribution in [0, 0.1) is 0 Å². The van der Waals surface area contributed by atoms with E-state index in [1.807, 2.05) is 30.3 Å². The molecule has 6 nitrogen and oxygen atoms in total. The van der Waals surface area contributed by atoms with E-state index in [0.717, 1.165) is 47.2 Å². The maximum absolute atomic E-state index is 11.8. The molecule has 3 rings (SSSR count). The highest BCUT2D eigenvalue weighted by molar-refractivity contribution is 6.11. The molecule has 0 saturated heterocycles. The van der Waals surface area contributed by atoms with Gasteiger partial charge in [-0.05, 0) is 24.5 Å². The van der Waals surface area contributed by atoms with Gasteiger partial charge in [0.25, 0.3) is 0 Å². The van der Waals surface area contributed by atoms with Gasteiger partial charge in [-0.2, -0.15) is 0 Å². The summed E-state index contributed by atoms with van der Waals surface area (Å²) in [6.07, 6.45) is 4.36. The number of carbonyl (C=O) groups is 2. The summed E-state index contributed by atoms with van der Waals surface area (Å²) in [5.41, 5.74) is 1.18. The average Bonchev–Trinajstić information content (AvgIpc) is 2.80. The second-order valence-corrected chi connectivity index (χ2v) is 7.27. The van der Waals surface area contributed by atoms with Crippen LogP contribution in [0.15, 0.2) is 42.5 Å². The summed E-state index contributed by atoms with van der Waals surface area (Å²) in [5, 5.41) is 3.22. The fourth-order valence-electron chi connectivity index (χ4n) is 3.57. The molecule has 0 bridgehead atoms. The summed E-state index contributed by atoms with van der Waals surface area (Å²) in [6.45, 7) is 1.78. The molecule has 0 unspecified atom stereocenters. The van der Waals surface area contributed by atoms with Crippen molar-refractivity contribution in [1.29, 1.82) is 0 Å². The first-order chi connectivity index (χ1) is 15.1. The molecule has 3 aromatic carbocycles. The van der Waals surface area contributed by atoms with Crippen LogP contribution in [-0.4, -0.2) is 39.4 Å². The van der Waals surface area contributed by atoms with Gasteiger partial charge in [0.1, 0.15) is 11.5 Å². The lowest BCUT2D eigenvalue weighted by atomic mass is 9.97. The molecule has 0 radical (unpaired) electrons. The van der Waals surface area contributed by atoms with Crippen molar-refractivity contribution in [2.24, 2.45) is 0 Å². The Morgan fingerprint density at radius 2 is 1.29 bits per heavy atom. The van der Waals surface area contributed by atoms with Gasteiger partial charge in [-0.3, -0.25) is 0 Å². The molecule has 0 aliphatic heterocycles. The molecule has 0 fully saturated rings. The van der Waals surface area contributed by atoms with Crippen LogP contribution in [0.25, 0.3) is 21.5 Å². The fourth-order valence-corrected chi connectivity index (χ4v) is 3.57. The van der Waals surface area contributed by atoms with Crippen LogP contribution >= 0.6 is 0 Å². The van der Waals surface area contributed by atoms with Crippen molar-refractivity contribution in [3.63, 3.8) is 0 Å². The van der Waals surface area contributed by atoms with Gasteiger partial charge < -0.3 is 18.9 Å². The first kappa shape index (κ1) is 22.4. The normalized spacial score (nSPS) is 10.8. The summed E-state index contributed by atoms with van der Waals surface area (Å²) in [7, 11) is 2.66. The third kappa shape index (κ3) is 5.26. The summed E-state index contributed by atoms with van der Waals surface area (Å²) in [6, 6.07) is 13.7. The van der Waals surface area contributed by atoms with Gasteiger partial charge in [-0.1, -0.05) is 56.2 Å². The predicted octanol–water partition coefficient (Wildman–Crippen LogP) is 4.83. The Hall–Kier alpha value is -3.28. The zero-order chi connectivity index (χ0) is 22.2. The van der Waals surface area contributed by atoms with Crippen LogP contribution in [-0.2, 0) is 25.5 Å². The molecule has 6 heteroatoms. The molecule has 0 saturated carbocycles. The lowest BCUT2D eigenvalue weighted by Gasteiger charge is -2.18. The molecular weight excluding hydrogens is 396 g/mol. The van der Waals surface area contributed by atoms with E-state index in [0.29, 0.717) is 11.5 Å². The molecule has 3 aromatic rings. The smallest absolute Gasteiger partial charge is 0.343 e. The molecule has 0 spiro atoms. The maximum atomic E-state index is 11.8. The van der Waals surface area contributed by atoms with Crippen molar-refractivity contribution in [3.8, 4) is 11.5 Å². The van der Waals surface area contributed by atoms with Crippen molar-refractivity contribution in [2.75, 3.05) is 27.4 Å². The van der Waals surface area contributed by atoms with Gasteiger partial charge in [0.15, 0.2) is 13.2 Å². The number of hydrogen-bond acceptors (Lipinski definition) is 6. The minimum atomic E-state index is -0.459. The number of benzene rings is 3. The first-order valence-electron chi connectivity index (χ1n) is 10.5. The zero-order valence-corrected chi connectivity index (χ0v) is 18.2. The van der Waals surface area contributed by atoms with Crippen molar-refractivity contribution in [3.05, 3.63) is 48.0 Å². The number of aryl methyl sites for hydroxylation is 1. The molecular formula is C25H28O6. The Morgan fingerprint density at radius 3 is 1.84 bits per heavy atom. The monoisotopic (exact) mass is 424 g/mol. The van der Waals surface area contributed by atoms with Crippen LogP contribution < -0.4 is 9.47 Å². The van der Waals surface area contributed by atoms with E-state index < -0.39 is 11.9 Å². The number of ether oxygens (including phenoxy) is 4. The number of esters is 2. The molecule has 164 valence electrons. The van der Waals surface area contributed by atoms with E-state index in [1.165, 1.54) is 19.8 Å². The highest BCUT2D eigenvalue weighted by atomic mass is 16.6. The van der Waals surface area contributed by atoms with Crippen LogP contribution in [0.1, 0.15) is 31.7 Å². The molecule has 0 atom stereocenters. The van der Waals surface area contributed by atoms with E-state index in [4.69, 9.17) is 18.9 Å². The largest absolute Gasteiger partial charge is 0.481 e. The number of methoxy groups -OCH3 is 2. The summed E-state index contributed by atoms with van der Waals surface area (Å²) in [4.78, 5) is 23.5. The fraction of sp³-hybridized carbons (Fsp3) is 0.360. The van der Waals surface area contributed by atoms with E-state index in [9.17, 15) is 9.59 Å². The SMILES string of the molecule is CCCCCc1ccc2c(OCC(=O)OC)c3ccccc3c(OCC(=O)OC)c2c1. The predicted molar refractivity (Wildman–Crippen MR) is 120 cm³/mol. The average molecular weight is 424 g/mol. The lowest BCUT2D eigenvalue weighted by Crippen LogP contribution is -2.14. The zero-order valence-electron chi connectivity index (χ0n) is 18.2. The highest BCUT2D eigenvalue weighted by Crippen LogP contribution is 2.43. The number of hydrogen-bond donors (Lipinski definition) is 0. The number of unbranched alkanes of at least 4 members (excludes halogenated alkanes) is 2. The number of rotatable bonds is 10. The van der Waals surface area contributed by atoms with Gasteiger partial charge in [0.05, 0.1) is 14.2 Å². The Labute approximate surface area is 182 Å². The minimum absolute atomic E-state index is 0.196. The van der Waals surface area contributed by atoms with Gasteiger partial charge in [-0.25, -0.2) is 9.59 Å². The van der Waals surface area contributed by atoms with E-state index in [-0.39, 0.29) is 13.2 Å². The summed E-state index contributed by atoms with van der Waals surface area (Å²) < 4.78 is 21.3. The molecule has 0 heterocycles. The number of fused-ring (bicyclic) bond motifs is 2. The molecule has 0 aliphatic carbocycles. The van der Waals surface area contributed by atoms with Gasteiger partial charge in [0.2, 0.25) is 0 Å². The van der Waals surface area contributed by atoms with Crippen molar-refractivity contribution in [2.45, 2.75) is 32.6 Å². The lowest BCUT2D eigenvalue weighted by molar-refractivity contribution is -0.143. The molecule has 31 heavy (non-hydrogen) atoms. The summed E-state index contributed by atoms with van der Waals surface area (Å²) in [5.74, 6) is 0.266. The summed E-state index contributed by atoms with van der Waals surface area (Å²) >= 11 is 0. The number of carbonyl (C=O) groups excluding carboxylic acids is 2. The third-order valence-electron chi connectivity index (χ3n) is 5.18. The highest BCUT2D eigenvalue weighted by Gasteiger charge is 2.18. The van der Waals surface area contributed by atoms with Crippen LogP contribution in [0.5, 0.6) is 11.5 Å².